The van der Waals surface area contributed by atoms with Crippen molar-refractivity contribution in [2.75, 3.05) is 13.2 Å². The molecular formula is C16H29N3O3. The Morgan fingerprint density at radius 1 is 1.41 bits per heavy atom. The van der Waals surface area contributed by atoms with Crippen LogP contribution in [0.1, 0.15) is 52.9 Å². The summed E-state index contributed by atoms with van der Waals surface area (Å²) in [7, 11) is 0. The molecule has 0 radical (unpaired) electrons. The molecule has 0 aromatic rings. The quantitative estimate of drug-likeness (QED) is 0.791. The number of nitrogens with one attached hydrogen (secondary N) is 2. The van der Waals surface area contributed by atoms with E-state index in [0.29, 0.717) is 12.5 Å². The molecule has 1 saturated heterocycles. The van der Waals surface area contributed by atoms with Crippen LogP contribution in [-0.2, 0) is 9.57 Å². The summed E-state index contributed by atoms with van der Waals surface area (Å²) < 4.78 is 5.88. The minimum Gasteiger partial charge on any atom is -0.390 e. The van der Waals surface area contributed by atoms with Crippen LogP contribution < -0.4 is 10.6 Å². The minimum absolute atomic E-state index is 0.0299. The second-order valence-electron chi connectivity index (χ2n) is 6.32. The van der Waals surface area contributed by atoms with E-state index in [4.69, 9.17) is 9.57 Å². The van der Waals surface area contributed by atoms with Crippen molar-refractivity contribution >= 4 is 11.7 Å². The Morgan fingerprint density at radius 2 is 2.18 bits per heavy atom. The number of amides is 2. The number of carbonyl (C=O) groups excluding carboxylic acids is 1. The van der Waals surface area contributed by atoms with Gasteiger partial charge in [0.25, 0.3) is 0 Å². The zero-order valence-corrected chi connectivity index (χ0v) is 13.9. The van der Waals surface area contributed by atoms with Gasteiger partial charge in [0, 0.05) is 19.1 Å². The fraction of sp³-hybridized carbons (Fsp3) is 0.875. The first-order valence-corrected chi connectivity index (χ1v) is 8.47. The Balaban J connectivity index is 1.69. The van der Waals surface area contributed by atoms with Gasteiger partial charge in [0.15, 0.2) is 0 Å². The molecule has 22 heavy (non-hydrogen) atoms. The Hall–Kier alpha value is -1.30. The van der Waals surface area contributed by atoms with Crippen molar-refractivity contribution in [3.8, 4) is 0 Å². The molecule has 0 aliphatic carbocycles. The third-order valence-corrected chi connectivity index (χ3v) is 4.60. The number of hydrogen-bond donors (Lipinski definition) is 2. The van der Waals surface area contributed by atoms with E-state index in [9.17, 15) is 4.79 Å². The number of ether oxygens (including phenoxy) is 1. The topological polar surface area (TPSA) is 72.0 Å². The monoisotopic (exact) mass is 311 g/mol. The van der Waals surface area contributed by atoms with Crippen molar-refractivity contribution in [2.24, 2.45) is 11.1 Å². The molecule has 0 saturated carbocycles. The molecule has 0 aromatic heterocycles. The van der Waals surface area contributed by atoms with Gasteiger partial charge in [0.2, 0.25) is 0 Å². The van der Waals surface area contributed by atoms with Crippen molar-refractivity contribution in [3.63, 3.8) is 0 Å². The molecular weight excluding hydrogens is 282 g/mol. The first kappa shape index (κ1) is 17.1. The number of nitrogens with zero attached hydrogens (tertiary/aromatic N) is 1. The van der Waals surface area contributed by atoms with Gasteiger partial charge >= 0.3 is 6.03 Å². The zero-order chi connectivity index (χ0) is 15.9. The normalized spacial score (nSPS) is 28.2. The first-order valence-electron chi connectivity index (χ1n) is 8.47. The minimum atomic E-state index is -0.122. The lowest BCUT2D eigenvalue weighted by Crippen LogP contribution is -2.48. The van der Waals surface area contributed by atoms with Gasteiger partial charge in [-0.15, -0.1) is 0 Å². The maximum absolute atomic E-state index is 12.0. The van der Waals surface area contributed by atoms with Gasteiger partial charge in [-0.05, 0) is 25.7 Å². The smallest absolute Gasteiger partial charge is 0.315 e. The summed E-state index contributed by atoms with van der Waals surface area (Å²) in [4.78, 5) is 17.2. The van der Waals surface area contributed by atoms with Crippen LogP contribution in [0, 0.1) is 5.92 Å². The number of urea groups is 1. The molecule has 2 N–H and O–H groups in total. The summed E-state index contributed by atoms with van der Waals surface area (Å²) in [5.74, 6) is 0.583. The molecule has 2 aliphatic rings. The molecule has 126 valence electrons. The van der Waals surface area contributed by atoms with E-state index < -0.39 is 0 Å². The Morgan fingerprint density at radius 3 is 2.82 bits per heavy atom. The molecule has 3 unspecified atom stereocenters. The summed E-state index contributed by atoms with van der Waals surface area (Å²) in [6, 6.07) is 0.0742. The third-order valence-electron chi connectivity index (χ3n) is 4.60. The Bertz CT molecular complexity index is 396. The average Bonchev–Trinajstić information content (AvgIpc) is 2.93. The van der Waals surface area contributed by atoms with E-state index in [2.05, 4.69) is 29.6 Å². The zero-order valence-electron chi connectivity index (χ0n) is 13.9. The van der Waals surface area contributed by atoms with E-state index >= 15 is 0 Å². The van der Waals surface area contributed by atoms with Crippen LogP contribution in [0.4, 0.5) is 4.79 Å². The van der Waals surface area contributed by atoms with Crippen molar-refractivity contribution in [1.82, 2.24) is 10.6 Å². The predicted molar refractivity (Wildman–Crippen MR) is 86.0 cm³/mol. The van der Waals surface area contributed by atoms with Crippen molar-refractivity contribution < 1.29 is 14.4 Å². The molecule has 6 heteroatoms. The second-order valence-corrected chi connectivity index (χ2v) is 6.32. The van der Waals surface area contributed by atoms with Gasteiger partial charge in [-0.2, -0.15) is 0 Å². The molecule has 0 spiro atoms. The van der Waals surface area contributed by atoms with E-state index in [1.165, 1.54) is 0 Å². The van der Waals surface area contributed by atoms with Crippen LogP contribution >= 0.6 is 0 Å². The van der Waals surface area contributed by atoms with Crippen LogP contribution in [0.25, 0.3) is 0 Å². The number of hydrogen-bond acceptors (Lipinski definition) is 4. The molecule has 2 rings (SSSR count). The van der Waals surface area contributed by atoms with Gasteiger partial charge in [0.1, 0.15) is 6.10 Å². The van der Waals surface area contributed by atoms with Gasteiger partial charge in [-0.1, -0.05) is 31.8 Å². The fourth-order valence-corrected chi connectivity index (χ4v) is 3.22. The van der Waals surface area contributed by atoms with Crippen LogP contribution in [0.15, 0.2) is 5.16 Å². The van der Waals surface area contributed by atoms with Crippen LogP contribution in [0.3, 0.4) is 0 Å². The van der Waals surface area contributed by atoms with Crippen molar-refractivity contribution in [2.45, 2.75) is 71.1 Å². The molecule has 2 heterocycles. The molecule has 3 atom stereocenters. The lowest BCUT2D eigenvalue weighted by atomic mass is 9.89. The van der Waals surface area contributed by atoms with Crippen molar-refractivity contribution in [1.29, 1.82) is 0 Å². The molecule has 2 aliphatic heterocycles. The molecule has 2 amide bonds. The van der Waals surface area contributed by atoms with Crippen LogP contribution in [0.5, 0.6) is 0 Å². The van der Waals surface area contributed by atoms with E-state index in [-0.39, 0.29) is 24.3 Å². The number of carbonyl (C=O) groups is 1. The van der Waals surface area contributed by atoms with Crippen LogP contribution in [0.2, 0.25) is 0 Å². The summed E-state index contributed by atoms with van der Waals surface area (Å²) in [5, 5.41) is 9.83. The Kier molecular flexibility index (Phi) is 6.49. The van der Waals surface area contributed by atoms with Gasteiger partial charge < -0.3 is 20.2 Å². The van der Waals surface area contributed by atoms with Crippen molar-refractivity contribution in [3.05, 3.63) is 0 Å². The summed E-state index contributed by atoms with van der Waals surface area (Å²) >= 11 is 0. The summed E-state index contributed by atoms with van der Waals surface area (Å²) in [6.07, 6.45) is 5.06. The molecule has 1 fully saturated rings. The maximum Gasteiger partial charge on any atom is 0.315 e. The highest BCUT2D eigenvalue weighted by Gasteiger charge is 2.28. The van der Waals surface area contributed by atoms with Crippen LogP contribution in [-0.4, -0.2) is 43.1 Å². The highest BCUT2D eigenvalue weighted by molar-refractivity contribution is 5.83. The molecule has 0 bridgehead atoms. The van der Waals surface area contributed by atoms with E-state index in [1.54, 1.807) is 0 Å². The van der Waals surface area contributed by atoms with Gasteiger partial charge in [-0.3, -0.25) is 0 Å². The highest BCUT2D eigenvalue weighted by Crippen LogP contribution is 2.25. The van der Waals surface area contributed by atoms with E-state index in [1.807, 2.05) is 6.92 Å². The lowest BCUT2D eigenvalue weighted by molar-refractivity contribution is -0.0331. The fourth-order valence-electron chi connectivity index (χ4n) is 3.22. The first-order chi connectivity index (χ1) is 10.6. The SMILES string of the molecule is CCC(CC)C1CC(NC(=O)NCC2CC(C)=NO2)CCO1. The molecule has 6 nitrogen and oxygen atoms in total. The highest BCUT2D eigenvalue weighted by atomic mass is 16.6. The standard InChI is InChI=1S/C16H29N3O3/c1-4-12(5-2)15-9-13(6-7-21-15)18-16(20)17-10-14-8-11(3)19-22-14/h12-15H,4-10H2,1-3H3,(H2,17,18,20). The average molecular weight is 311 g/mol. The van der Waals surface area contributed by atoms with E-state index in [0.717, 1.165) is 44.4 Å². The Labute approximate surface area is 133 Å². The van der Waals surface area contributed by atoms with Gasteiger partial charge in [0.05, 0.1) is 18.4 Å². The lowest BCUT2D eigenvalue weighted by Gasteiger charge is -2.34. The molecule has 0 aromatic carbocycles. The summed E-state index contributed by atoms with van der Waals surface area (Å²) in [6.45, 7) is 7.55. The predicted octanol–water partition coefficient (Wildman–Crippen LogP) is 2.43. The van der Waals surface area contributed by atoms with Gasteiger partial charge in [-0.25, -0.2) is 4.79 Å². The number of oxime groups is 1. The second kappa shape index (κ2) is 8.36. The largest absolute Gasteiger partial charge is 0.390 e. The third kappa shape index (κ3) is 4.87. The maximum atomic E-state index is 12.0. The summed E-state index contributed by atoms with van der Waals surface area (Å²) in [5.41, 5.74) is 0.977. The number of rotatable bonds is 6.